The Bertz CT molecular complexity index is 556. The van der Waals surface area contributed by atoms with Crippen LogP contribution in [0, 0.1) is 0 Å². The Kier molecular flexibility index (Phi) is 4.05. The lowest BCUT2D eigenvalue weighted by Crippen LogP contribution is -2.11. The van der Waals surface area contributed by atoms with Gasteiger partial charge in [0.05, 0.1) is 0 Å². The van der Waals surface area contributed by atoms with Crippen LogP contribution in [-0.2, 0) is 5.41 Å². The van der Waals surface area contributed by atoms with E-state index in [9.17, 15) is 4.79 Å². The van der Waals surface area contributed by atoms with Gasteiger partial charge >= 0.3 is 0 Å². The van der Waals surface area contributed by atoms with Gasteiger partial charge in [-0.3, -0.25) is 4.79 Å². The Hall–Kier alpha value is -1.61. The number of nitrogens with zero attached hydrogens (tertiary/aromatic N) is 1. The first kappa shape index (κ1) is 13.8. The molecule has 1 aromatic heterocycles. The summed E-state index contributed by atoms with van der Waals surface area (Å²) in [5, 5.41) is 0.756. The molecule has 0 unspecified atom stereocenters. The molecule has 0 aliphatic heterocycles. The molecule has 0 atom stereocenters. The zero-order chi connectivity index (χ0) is 13.9. The predicted octanol–water partition coefficient (Wildman–Crippen LogP) is 4.31. The first-order chi connectivity index (χ1) is 8.97. The Morgan fingerprint density at radius 2 is 1.74 bits per heavy atom. The summed E-state index contributed by atoms with van der Waals surface area (Å²) in [5.74, 6) is 0. The summed E-state index contributed by atoms with van der Waals surface area (Å²) in [6, 6.07) is 13.4. The van der Waals surface area contributed by atoms with Crippen LogP contribution in [0.1, 0.15) is 36.7 Å². The SMILES string of the molecule is CC(C)(C)c1ccc(C(=O)Sc2ccccn2)cc1. The van der Waals surface area contributed by atoms with Gasteiger partial charge in [-0.1, -0.05) is 51.1 Å². The van der Waals surface area contributed by atoms with Crippen LogP contribution in [0.4, 0.5) is 0 Å². The highest BCUT2D eigenvalue weighted by Gasteiger charge is 2.14. The second kappa shape index (κ2) is 5.57. The topological polar surface area (TPSA) is 30.0 Å². The van der Waals surface area contributed by atoms with Crippen LogP contribution in [0.15, 0.2) is 53.7 Å². The predicted molar refractivity (Wildman–Crippen MR) is 79.6 cm³/mol. The van der Waals surface area contributed by atoms with Crippen molar-refractivity contribution < 1.29 is 4.79 Å². The number of carbonyl (C=O) groups excluding carboxylic acids is 1. The highest BCUT2D eigenvalue weighted by molar-refractivity contribution is 8.14. The molecule has 0 fully saturated rings. The van der Waals surface area contributed by atoms with Crippen molar-refractivity contribution in [2.75, 3.05) is 0 Å². The molecule has 0 saturated carbocycles. The second-order valence-electron chi connectivity index (χ2n) is 5.38. The van der Waals surface area contributed by atoms with Crippen LogP contribution in [-0.4, -0.2) is 10.1 Å². The van der Waals surface area contributed by atoms with E-state index in [1.54, 1.807) is 6.20 Å². The smallest absolute Gasteiger partial charge is 0.225 e. The van der Waals surface area contributed by atoms with Crippen molar-refractivity contribution in [2.24, 2.45) is 0 Å². The molecule has 1 heterocycles. The van der Waals surface area contributed by atoms with Crippen molar-refractivity contribution in [1.29, 1.82) is 0 Å². The molecule has 0 radical (unpaired) electrons. The molecule has 0 spiro atoms. The Balaban J connectivity index is 2.12. The van der Waals surface area contributed by atoms with Crippen molar-refractivity contribution >= 4 is 16.9 Å². The molecule has 19 heavy (non-hydrogen) atoms. The van der Waals surface area contributed by atoms with Gasteiger partial charge in [-0.15, -0.1) is 0 Å². The maximum atomic E-state index is 12.1. The zero-order valence-electron chi connectivity index (χ0n) is 11.4. The number of hydrogen-bond acceptors (Lipinski definition) is 3. The van der Waals surface area contributed by atoms with Gasteiger partial charge in [0.25, 0.3) is 0 Å². The molecule has 1 aromatic carbocycles. The summed E-state index contributed by atoms with van der Waals surface area (Å²) in [7, 11) is 0. The quantitative estimate of drug-likeness (QED) is 0.762. The standard InChI is InChI=1S/C16H17NOS/c1-16(2,3)13-9-7-12(8-10-13)15(18)19-14-6-4-5-11-17-14/h4-11H,1-3H3. The molecular formula is C16H17NOS. The van der Waals surface area contributed by atoms with Crippen LogP contribution >= 0.6 is 11.8 Å². The van der Waals surface area contributed by atoms with Crippen LogP contribution < -0.4 is 0 Å². The van der Waals surface area contributed by atoms with Crippen LogP contribution in [0.25, 0.3) is 0 Å². The number of thioether (sulfide) groups is 1. The van der Waals surface area contributed by atoms with Crippen molar-refractivity contribution in [2.45, 2.75) is 31.2 Å². The van der Waals surface area contributed by atoms with Gasteiger partial charge in [-0.2, -0.15) is 0 Å². The molecule has 0 N–H and O–H groups in total. The number of benzene rings is 1. The van der Waals surface area contributed by atoms with Crippen molar-refractivity contribution in [3.05, 3.63) is 59.8 Å². The van der Waals surface area contributed by atoms with Crippen LogP contribution in [0.2, 0.25) is 0 Å². The maximum absolute atomic E-state index is 12.1. The summed E-state index contributed by atoms with van der Waals surface area (Å²) >= 11 is 1.16. The zero-order valence-corrected chi connectivity index (χ0v) is 12.2. The summed E-state index contributed by atoms with van der Waals surface area (Å²) in [5.41, 5.74) is 2.05. The summed E-state index contributed by atoms with van der Waals surface area (Å²) in [6.45, 7) is 6.48. The molecule has 0 aliphatic carbocycles. The van der Waals surface area contributed by atoms with Gasteiger partial charge in [0.2, 0.25) is 5.12 Å². The fourth-order valence-electron chi connectivity index (χ4n) is 1.67. The van der Waals surface area contributed by atoms with Crippen LogP contribution in [0.3, 0.4) is 0 Å². The number of carbonyl (C=O) groups is 1. The normalized spacial score (nSPS) is 11.3. The molecule has 2 nitrogen and oxygen atoms in total. The average molecular weight is 271 g/mol. The van der Waals surface area contributed by atoms with Crippen molar-refractivity contribution in [3.8, 4) is 0 Å². The lowest BCUT2D eigenvalue weighted by molar-refractivity contribution is 0.108. The Labute approximate surface area is 118 Å². The van der Waals surface area contributed by atoms with E-state index < -0.39 is 0 Å². The summed E-state index contributed by atoms with van der Waals surface area (Å²) < 4.78 is 0. The van der Waals surface area contributed by atoms with Gasteiger partial charge in [0, 0.05) is 11.8 Å². The first-order valence-corrected chi connectivity index (χ1v) is 7.02. The van der Waals surface area contributed by atoms with Gasteiger partial charge < -0.3 is 0 Å². The van der Waals surface area contributed by atoms with E-state index in [0.29, 0.717) is 5.56 Å². The number of aromatic nitrogens is 1. The molecule has 2 aromatic rings. The van der Waals surface area contributed by atoms with Crippen molar-refractivity contribution in [1.82, 2.24) is 4.98 Å². The molecule has 3 heteroatoms. The van der Waals surface area contributed by atoms with E-state index in [1.165, 1.54) is 5.56 Å². The largest absolute Gasteiger partial charge is 0.281 e. The highest BCUT2D eigenvalue weighted by atomic mass is 32.2. The minimum Gasteiger partial charge on any atom is -0.281 e. The molecule has 0 bridgehead atoms. The van der Waals surface area contributed by atoms with Crippen LogP contribution in [0.5, 0.6) is 0 Å². The fourth-order valence-corrected chi connectivity index (χ4v) is 2.37. The van der Waals surface area contributed by atoms with E-state index in [1.807, 2.05) is 42.5 Å². The number of rotatable bonds is 2. The van der Waals surface area contributed by atoms with Gasteiger partial charge in [0.1, 0.15) is 5.03 Å². The minimum absolute atomic E-state index is 0.0270. The Morgan fingerprint density at radius 1 is 1.05 bits per heavy atom. The number of pyridine rings is 1. The minimum atomic E-state index is 0.0270. The summed E-state index contributed by atoms with van der Waals surface area (Å²) in [6.07, 6.45) is 1.69. The molecule has 0 saturated heterocycles. The molecule has 98 valence electrons. The average Bonchev–Trinajstić information content (AvgIpc) is 2.39. The Morgan fingerprint density at radius 3 is 2.26 bits per heavy atom. The van der Waals surface area contributed by atoms with Gasteiger partial charge in [-0.05, 0) is 34.9 Å². The summed E-state index contributed by atoms with van der Waals surface area (Å²) in [4.78, 5) is 16.2. The number of hydrogen-bond donors (Lipinski definition) is 0. The van der Waals surface area contributed by atoms with Gasteiger partial charge in [0.15, 0.2) is 0 Å². The van der Waals surface area contributed by atoms with E-state index in [0.717, 1.165) is 16.8 Å². The molecule has 0 aliphatic rings. The molecule has 0 amide bonds. The van der Waals surface area contributed by atoms with E-state index >= 15 is 0 Å². The van der Waals surface area contributed by atoms with E-state index in [2.05, 4.69) is 25.8 Å². The third kappa shape index (κ3) is 3.67. The maximum Gasteiger partial charge on any atom is 0.225 e. The molecular weight excluding hydrogens is 254 g/mol. The third-order valence-corrected chi connectivity index (χ3v) is 3.69. The first-order valence-electron chi connectivity index (χ1n) is 6.20. The molecule has 2 rings (SSSR count). The highest BCUT2D eigenvalue weighted by Crippen LogP contribution is 2.25. The fraction of sp³-hybridized carbons (Fsp3) is 0.250. The van der Waals surface area contributed by atoms with E-state index in [4.69, 9.17) is 0 Å². The lowest BCUT2D eigenvalue weighted by Gasteiger charge is -2.18. The monoisotopic (exact) mass is 271 g/mol. The van der Waals surface area contributed by atoms with Crippen molar-refractivity contribution in [3.63, 3.8) is 0 Å². The third-order valence-electron chi connectivity index (χ3n) is 2.82. The lowest BCUT2D eigenvalue weighted by atomic mass is 9.87. The van der Waals surface area contributed by atoms with E-state index in [-0.39, 0.29) is 10.5 Å². The second-order valence-corrected chi connectivity index (χ2v) is 6.38. The van der Waals surface area contributed by atoms with Gasteiger partial charge in [-0.25, -0.2) is 4.98 Å².